The molecule has 0 aromatic carbocycles. The highest BCUT2D eigenvalue weighted by molar-refractivity contribution is 5.10. The van der Waals surface area contributed by atoms with Gasteiger partial charge in [-0.2, -0.15) is 0 Å². The van der Waals surface area contributed by atoms with E-state index in [1.807, 2.05) is 24.6 Å². The van der Waals surface area contributed by atoms with Crippen LogP contribution in [-0.4, -0.2) is 18.4 Å². The van der Waals surface area contributed by atoms with Crippen LogP contribution in [0.15, 0.2) is 24.4 Å². The van der Waals surface area contributed by atoms with Gasteiger partial charge < -0.3 is 9.47 Å². The molecule has 1 aromatic heterocycles. The van der Waals surface area contributed by atoms with Crippen molar-refractivity contribution in [3.63, 3.8) is 0 Å². The van der Waals surface area contributed by atoms with Crippen molar-refractivity contribution in [2.24, 2.45) is 0 Å². The fraction of sp³-hybridized carbons (Fsp3) is 0.333. The first kappa shape index (κ1) is 7.71. The number of pyridine rings is 1. The van der Waals surface area contributed by atoms with Crippen LogP contribution in [0.2, 0.25) is 0 Å². The van der Waals surface area contributed by atoms with Gasteiger partial charge in [0.25, 0.3) is 0 Å². The summed E-state index contributed by atoms with van der Waals surface area (Å²) in [4.78, 5) is 4.19. The molecule has 2 rings (SSSR count). The highest BCUT2D eigenvalue weighted by Crippen LogP contribution is 2.20. The summed E-state index contributed by atoms with van der Waals surface area (Å²) in [5.41, 5.74) is 0.945. The fourth-order valence-electron chi connectivity index (χ4n) is 1.14. The SMILES string of the molecule is [CH]1COCOC1c1ccccn1. The molecule has 1 aliphatic heterocycles. The standard InChI is InChI=1S/C9H10NO2/c1-2-5-10-8(3-1)9-4-6-11-7-12-9/h1-5,9H,6-7H2. The van der Waals surface area contributed by atoms with Crippen molar-refractivity contribution in [1.29, 1.82) is 0 Å². The van der Waals surface area contributed by atoms with Crippen LogP contribution in [-0.2, 0) is 9.47 Å². The average Bonchev–Trinajstić information content (AvgIpc) is 2.21. The Morgan fingerprint density at radius 1 is 1.42 bits per heavy atom. The molecule has 3 nitrogen and oxygen atoms in total. The Morgan fingerprint density at radius 2 is 2.42 bits per heavy atom. The Bertz CT molecular complexity index is 232. The predicted octanol–water partition coefficient (Wildman–Crippen LogP) is 1.33. The molecule has 1 unspecified atom stereocenters. The first-order valence-electron chi connectivity index (χ1n) is 3.90. The molecule has 2 heterocycles. The van der Waals surface area contributed by atoms with Gasteiger partial charge >= 0.3 is 0 Å². The van der Waals surface area contributed by atoms with E-state index in [1.165, 1.54) is 0 Å². The van der Waals surface area contributed by atoms with Gasteiger partial charge in [0.05, 0.1) is 12.3 Å². The summed E-state index contributed by atoms with van der Waals surface area (Å²) in [6.07, 6.45) is 3.73. The molecule has 0 spiro atoms. The molecule has 0 bridgehead atoms. The summed E-state index contributed by atoms with van der Waals surface area (Å²) in [6, 6.07) is 5.80. The summed E-state index contributed by atoms with van der Waals surface area (Å²) in [7, 11) is 0. The van der Waals surface area contributed by atoms with Crippen LogP contribution in [0.5, 0.6) is 0 Å². The zero-order valence-electron chi connectivity index (χ0n) is 6.64. The van der Waals surface area contributed by atoms with Gasteiger partial charge in [-0.1, -0.05) is 6.07 Å². The minimum absolute atomic E-state index is 0.0000463. The Kier molecular flexibility index (Phi) is 2.34. The van der Waals surface area contributed by atoms with E-state index in [4.69, 9.17) is 9.47 Å². The lowest BCUT2D eigenvalue weighted by atomic mass is 10.1. The molecule has 0 saturated carbocycles. The molecule has 0 aliphatic carbocycles. The molecule has 0 N–H and O–H groups in total. The van der Waals surface area contributed by atoms with Gasteiger partial charge in [0.2, 0.25) is 0 Å². The van der Waals surface area contributed by atoms with E-state index in [9.17, 15) is 0 Å². The second kappa shape index (κ2) is 3.65. The lowest BCUT2D eigenvalue weighted by Gasteiger charge is -2.21. The third kappa shape index (κ3) is 1.62. The van der Waals surface area contributed by atoms with E-state index in [0.29, 0.717) is 13.4 Å². The fourth-order valence-corrected chi connectivity index (χ4v) is 1.14. The zero-order valence-corrected chi connectivity index (χ0v) is 6.64. The van der Waals surface area contributed by atoms with E-state index >= 15 is 0 Å². The Morgan fingerprint density at radius 3 is 3.08 bits per heavy atom. The van der Waals surface area contributed by atoms with Crippen LogP contribution in [0.25, 0.3) is 0 Å². The predicted molar refractivity (Wildman–Crippen MR) is 43.2 cm³/mol. The maximum absolute atomic E-state index is 5.32. The Labute approximate surface area is 71.3 Å². The van der Waals surface area contributed by atoms with E-state index < -0.39 is 0 Å². The molecular formula is C9H10NO2. The number of nitrogens with zero attached hydrogens (tertiary/aromatic N) is 1. The minimum Gasteiger partial charge on any atom is -0.355 e. The number of aromatic nitrogens is 1. The molecule has 0 amide bonds. The lowest BCUT2D eigenvalue weighted by Crippen LogP contribution is -2.18. The van der Waals surface area contributed by atoms with Crippen LogP contribution < -0.4 is 0 Å². The molecule has 63 valence electrons. The third-order valence-corrected chi connectivity index (χ3v) is 1.74. The molecule has 1 fully saturated rings. The van der Waals surface area contributed by atoms with Crippen LogP contribution in [0, 0.1) is 6.42 Å². The van der Waals surface area contributed by atoms with E-state index in [1.54, 1.807) is 6.20 Å². The summed E-state index contributed by atoms with van der Waals surface area (Å²) in [5, 5.41) is 0. The van der Waals surface area contributed by atoms with Crippen molar-refractivity contribution < 1.29 is 9.47 Å². The maximum atomic E-state index is 5.32. The van der Waals surface area contributed by atoms with Gasteiger partial charge in [0.1, 0.15) is 12.9 Å². The smallest absolute Gasteiger partial charge is 0.147 e. The second-order valence-corrected chi connectivity index (χ2v) is 2.57. The van der Waals surface area contributed by atoms with Crippen LogP contribution in [0.4, 0.5) is 0 Å². The van der Waals surface area contributed by atoms with Gasteiger partial charge in [-0.05, 0) is 12.1 Å². The normalized spacial score (nSPS) is 23.8. The topological polar surface area (TPSA) is 31.4 Å². The monoisotopic (exact) mass is 164 g/mol. The number of ether oxygens (including phenoxy) is 2. The van der Waals surface area contributed by atoms with E-state index in [2.05, 4.69) is 4.98 Å². The van der Waals surface area contributed by atoms with E-state index in [0.717, 1.165) is 5.69 Å². The van der Waals surface area contributed by atoms with Gasteiger partial charge in [0, 0.05) is 12.6 Å². The Hall–Kier alpha value is -0.930. The van der Waals surface area contributed by atoms with Crippen molar-refractivity contribution >= 4 is 0 Å². The van der Waals surface area contributed by atoms with Crippen LogP contribution >= 0.6 is 0 Å². The molecule has 1 aromatic rings. The summed E-state index contributed by atoms with van der Waals surface area (Å²) >= 11 is 0. The van der Waals surface area contributed by atoms with Crippen LogP contribution in [0.1, 0.15) is 11.8 Å². The minimum atomic E-state index is -0.0000463. The first-order valence-corrected chi connectivity index (χ1v) is 3.90. The molecule has 12 heavy (non-hydrogen) atoms. The summed E-state index contributed by atoms with van der Waals surface area (Å²) in [5.74, 6) is 0. The van der Waals surface area contributed by atoms with Crippen molar-refractivity contribution in [2.75, 3.05) is 13.4 Å². The maximum Gasteiger partial charge on any atom is 0.147 e. The zero-order chi connectivity index (χ0) is 8.23. The molecule has 3 heteroatoms. The highest BCUT2D eigenvalue weighted by atomic mass is 16.7. The van der Waals surface area contributed by atoms with Gasteiger partial charge in [0.15, 0.2) is 0 Å². The number of hydrogen-bond acceptors (Lipinski definition) is 3. The number of rotatable bonds is 1. The summed E-state index contributed by atoms with van der Waals surface area (Å²) in [6.45, 7) is 0.999. The first-order chi connectivity index (χ1) is 5.97. The largest absolute Gasteiger partial charge is 0.355 e. The van der Waals surface area contributed by atoms with Gasteiger partial charge in [-0.15, -0.1) is 0 Å². The van der Waals surface area contributed by atoms with Crippen molar-refractivity contribution in [1.82, 2.24) is 4.98 Å². The molecule has 1 atom stereocenters. The van der Waals surface area contributed by atoms with Crippen molar-refractivity contribution in [3.05, 3.63) is 36.5 Å². The Balaban J connectivity index is 2.08. The quantitative estimate of drug-likeness (QED) is 0.627. The molecule has 1 aliphatic rings. The molecular weight excluding hydrogens is 154 g/mol. The van der Waals surface area contributed by atoms with Crippen LogP contribution in [0.3, 0.4) is 0 Å². The van der Waals surface area contributed by atoms with Gasteiger partial charge in [-0.3, -0.25) is 4.98 Å². The molecule has 1 saturated heterocycles. The number of hydrogen-bond donors (Lipinski definition) is 0. The lowest BCUT2D eigenvalue weighted by molar-refractivity contribution is -0.114. The highest BCUT2D eigenvalue weighted by Gasteiger charge is 2.16. The van der Waals surface area contributed by atoms with Gasteiger partial charge in [-0.25, -0.2) is 0 Å². The molecule has 1 radical (unpaired) electrons. The average molecular weight is 164 g/mol. The third-order valence-electron chi connectivity index (χ3n) is 1.74. The van der Waals surface area contributed by atoms with Crippen molar-refractivity contribution in [2.45, 2.75) is 6.10 Å². The summed E-state index contributed by atoms with van der Waals surface area (Å²) < 4.78 is 10.3. The van der Waals surface area contributed by atoms with Crippen molar-refractivity contribution in [3.8, 4) is 0 Å². The second-order valence-electron chi connectivity index (χ2n) is 2.57. The van der Waals surface area contributed by atoms with E-state index in [-0.39, 0.29) is 6.10 Å².